The third kappa shape index (κ3) is 4.79. The second kappa shape index (κ2) is 7.35. The van der Waals surface area contributed by atoms with E-state index in [-0.39, 0.29) is 5.91 Å². The lowest BCUT2D eigenvalue weighted by atomic mass is 10.1. The SMILES string of the molecule is COCCCCNC(=O)c1cc(S)ccc1C. The first-order chi connectivity index (χ1) is 8.15. The smallest absolute Gasteiger partial charge is 0.251 e. The summed E-state index contributed by atoms with van der Waals surface area (Å²) in [6.45, 7) is 3.34. The van der Waals surface area contributed by atoms with Gasteiger partial charge in [0.1, 0.15) is 0 Å². The minimum Gasteiger partial charge on any atom is -0.385 e. The predicted octanol–water partition coefficient (Wildman–Crippen LogP) is 2.44. The molecule has 0 atom stereocenters. The van der Waals surface area contributed by atoms with Crippen molar-refractivity contribution in [3.05, 3.63) is 29.3 Å². The van der Waals surface area contributed by atoms with Gasteiger partial charge in [-0.2, -0.15) is 0 Å². The number of benzene rings is 1. The number of nitrogens with one attached hydrogen (secondary N) is 1. The van der Waals surface area contributed by atoms with Crippen LogP contribution in [0.1, 0.15) is 28.8 Å². The summed E-state index contributed by atoms with van der Waals surface area (Å²) in [6, 6.07) is 5.58. The maximum Gasteiger partial charge on any atom is 0.251 e. The van der Waals surface area contributed by atoms with Gasteiger partial charge >= 0.3 is 0 Å². The van der Waals surface area contributed by atoms with Crippen molar-refractivity contribution in [1.82, 2.24) is 5.32 Å². The molecular weight excluding hydrogens is 234 g/mol. The summed E-state index contributed by atoms with van der Waals surface area (Å²) in [4.78, 5) is 12.7. The highest BCUT2D eigenvalue weighted by molar-refractivity contribution is 7.80. The van der Waals surface area contributed by atoms with E-state index in [0.29, 0.717) is 12.1 Å². The van der Waals surface area contributed by atoms with Crippen LogP contribution in [-0.2, 0) is 4.74 Å². The van der Waals surface area contributed by atoms with Gasteiger partial charge in [-0.3, -0.25) is 4.79 Å². The van der Waals surface area contributed by atoms with E-state index in [2.05, 4.69) is 17.9 Å². The molecule has 0 spiro atoms. The molecule has 0 aliphatic heterocycles. The molecule has 0 radical (unpaired) electrons. The molecular formula is C13H19NO2S. The van der Waals surface area contributed by atoms with Crippen molar-refractivity contribution in [3.8, 4) is 0 Å². The van der Waals surface area contributed by atoms with Crippen molar-refractivity contribution in [2.45, 2.75) is 24.7 Å². The molecule has 17 heavy (non-hydrogen) atoms. The molecule has 0 aliphatic rings. The van der Waals surface area contributed by atoms with Crippen LogP contribution in [0.4, 0.5) is 0 Å². The topological polar surface area (TPSA) is 38.3 Å². The third-order valence-corrected chi connectivity index (χ3v) is 2.80. The fourth-order valence-electron chi connectivity index (χ4n) is 1.52. The van der Waals surface area contributed by atoms with Crippen LogP contribution in [0, 0.1) is 6.92 Å². The van der Waals surface area contributed by atoms with E-state index in [4.69, 9.17) is 4.74 Å². The molecule has 1 amide bonds. The maximum absolute atomic E-state index is 11.9. The molecule has 1 N–H and O–H groups in total. The number of unbranched alkanes of at least 4 members (excludes halogenated alkanes) is 1. The molecule has 0 unspecified atom stereocenters. The van der Waals surface area contributed by atoms with Crippen LogP contribution in [-0.4, -0.2) is 26.2 Å². The van der Waals surface area contributed by atoms with Crippen LogP contribution in [0.5, 0.6) is 0 Å². The number of aryl methyl sites for hydroxylation is 1. The van der Waals surface area contributed by atoms with Gasteiger partial charge < -0.3 is 10.1 Å². The van der Waals surface area contributed by atoms with Gasteiger partial charge in [-0.15, -0.1) is 12.6 Å². The molecule has 0 aliphatic carbocycles. The molecule has 0 fully saturated rings. The number of hydrogen-bond acceptors (Lipinski definition) is 3. The fourth-order valence-corrected chi connectivity index (χ4v) is 1.73. The van der Waals surface area contributed by atoms with Gasteiger partial charge in [0.15, 0.2) is 0 Å². The molecule has 3 nitrogen and oxygen atoms in total. The minimum absolute atomic E-state index is 0.0317. The summed E-state index contributed by atoms with van der Waals surface area (Å²) in [5.74, 6) is -0.0317. The van der Waals surface area contributed by atoms with E-state index in [1.54, 1.807) is 13.2 Å². The van der Waals surface area contributed by atoms with Gasteiger partial charge in [0, 0.05) is 30.7 Å². The summed E-state index contributed by atoms with van der Waals surface area (Å²) in [7, 11) is 1.68. The number of amides is 1. The minimum atomic E-state index is -0.0317. The van der Waals surface area contributed by atoms with Gasteiger partial charge in [-0.05, 0) is 37.5 Å². The molecule has 4 heteroatoms. The standard InChI is InChI=1S/C13H19NO2S/c1-10-5-6-11(17)9-12(10)13(15)14-7-3-4-8-16-2/h5-6,9,17H,3-4,7-8H2,1-2H3,(H,14,15). The molecule has 0 saturated carbocycles. The highest BCUT2D eigenvalue weighted by Gasteiger charge is 2.08. The van der Waals surface area contributed by atoms with Crippen LogP contribution >= 0.6 is 12.6 Å². The van der Waals surface area contributed by atoms with Crippen molar-refractivity contribution < 1.29 is 9.53 Å². The molecule has 0 saturated heterocycles. The average Bonchev–Trinajstić information content (AvgIpc) is 2.32. The van der Waals surface area contributed by atoms with Crippen molar-refractivity contribution in [2.24, 2.45) is 0 Å². The van der Waals surface area contributed by atoms with Gasteiger partial charge in [-0.25, -0.2) is 0 Å². The molecule has 1 aromatic carbocycles. The fraction of sp³-hybridized carbons (Fsp3) is 0.462. The van der Waals surface area contributed by atoms with Crippen molar-refractivity contribution in [3.63, 3.8) is 0 Å². The second-order valence-corrected chi connectivity index (χ2v) is 4.47. The van der Waals surface area contributed by atoms with Gasteiger partial charge in [0.2, 0.25) is 0 Å². The van der Waals surface area contributed by atoms with Crippen molar-refractivity contribution in [1.29, 1.82) is 0 Å². The average molecular weight is 253 g/mol. The Hall–Kier alpha value is -1.00. The van der Waals surface area contributed by atoms with Gasteiger partial charge in [0.05, 0.1) is 0 Å². The zero-order chi connectivity index (χ0) is 12.7. The number of ether oxygens (including phenoxy) is 1. The van der Waals surface area contributed by atoms with Crippen molar-refractivity contribution >= 4 is 18.5 Å². The normalized spacial score (nSPS) is 10.3. The van der Waals surface area contributed by atoms with E-state index in [0.717, 1.165) is 29.9 Å². The Morgan fingerprint density at radius 3 is 2.88 bits per heavy atom. The molecule has 0 bridgehead atoms. The Morgan fingerprint density at radius 2 is 2.18 bits per heavy atom. The molecule has 1 aromatic rings. The van der Waals surface area contributed by atoms with Gasteiger partial charge in [0.25, 0.3) is 5.91 Å². The van der Waals surface area contributed by atoms with Crippen LogP contribution < -0.4 is 5.32 Å². The van der Waals surface area contributed by atoms with E-state index >= 15 is 0 Å². The number of carbonyl (C=O) groups is 1. The van der Waals surface area contributed by atoms with Crippen LogP contribution in [0.25, 0.3) is 0 Å². The number of rotatable bonds is 6. The molecule has 0 aromatic heterocycles. The Labute approximate surface area is 108 Å². The van der Waals surface area contributed by atoms with Crippen LogP contribution in [0.15, 0.2) is 23.1 Å². The first-order valence-electron chi connectivity index (χ1n) is 5.72. The highest BCUT2D eigenvalue weighted by Crippen LogP contribution is 2.13. The Bertz CT molecular complexity index is 380. The first-order valence-corrected chi connectivity index (χ1v) is 6.16. The summed E-state index contributed by atoms with van der Waals surface area (Å²) < 4.78 is 4.95. The lowest BCUT2D eigenvalue weighted by Crippen LogP contribution is -2.25. The zero-order valence-corrected chi connectivity index (χ0v) is 11.2. The molecule has 1 rings (SSSR count). The molecule has 94 valence electrons. The number of thiol groups is 1. The van der Waals surface area contributed by atoms with Crippen molar-refractivity contribution in [2.75, 3.05) is 20.3 Å². The number of carbonyl (C=O) groups excluding carboxylic acids is 1. The number of hydrogen-bond donors (Lipinski definition) is 2. The van der Waals surface area contributed by atoms with E-state index < -0.39 is 0 Å². The maximum atomic E-state index is 11.9. The van der Waals surface area contributed by atoms with E-state index in [9.17, 15) is 4.79 Å². The van der Waals surface area contributed by atoms with Crippen LogP contribution in [0.3, 0.4) is 0 Å². The highest BCUT2D eigenvalue weighted by atomic mass is 32.1. The molecule has 0 heterocycles. The number of methoxy groups -OCH3 is 1. The van der Waals surface area contributed by atoms with Gasteiger partial charge in [-0.1, -0.05) is 6.07 Å². The largest absolute Gasteiger partial charge is 0.385 e. The lowest BCUT2D eigenvalue weighted by molar-refractivity contribution is 0.0950. The second-order valence-electron chi connectivity index (χ2n) is 3.96. The predicted molar refractivity (Wildman–Crippen MR) is 71.9 cm³/mol. The Balaban J connectivity index is 2.44. The first kappa shape index (κ1) is 14.1. The van der Waals surface area contributed by atoms with Crippen LogP contribution in [0.2, 0.25) is 0 Å². The third-order valence-electron chi connectivity index (χ3n) is 2.53. The Kier molecular flexibility index (Phi) is 6.08. The van der Waals surface area contributed by atoms with E-state index in [1.807, 2.05) is 19.1 Å². The quantitative estimate of drug-likeness (QED) is 0.603. The Morgan fingerprint density at radius 1 is 1.41 bits per heavy atom. The lowest BCUT2D eigenvalue weighted by Gasteiger charge is -2.08. The monoisotopic (exact) mass is 253 g/mol. The van der Waals surface area contributed by atoms with E-state index in [1.165, 1.54) is 0 Å². The zero-order valence-electron chi connectivity index (χ0n) is 10.3. The summed E-state index contributed by atoms with van der Waals surface area (Å²) in [5.41, 5.74) is 1.67. The summed E-state index contributed by atoms with van der Waals surface area (Å²) >= 11 is 4.24. The summed E-state index contributed by atoms with van der Waals surface area (Å²) in [5, 5.41) is 2.90. The summed E-state index contributed by atoms with van der Waals surface area (Å²) in [6.07, 6.45) is 1.89.